The van der Waals surface area contributed by atoms with Crippen molar-refractivity contribution in [2.75, 3.05) is 0 Å². The van der Waals surface area contributed by atoms with Crippen LogP contribution < -0.4 is 5.19 Å². The Kier molecular flexibility index (Phi) is 2.92. The normalized spacial score (nSPS) is 11.8. The van der Waals surface area contributed by atoms with E-state index >= 15 is 0 Å². The van der Waals surface area contributed by atoms with Crippen LogP contribution in [0.1, 0.15) is 0 Å². The lowest BCUT2D eigenvalue weighted by molar-refractivity contribution is 0.583. The van der Waals surface area contributed by atoms with E-state index in [9.17, 15) is 8.78 Å². The van der Waals surface area contributed by atoms with Gasteiger partial charge in [-0.15, -0.1) is 0 Å². The molecule has 0 saturated carbocycles. The van der Waals surface area contributed by atoms with E-state index in [0.29, 0.717) is 9.66 Å². The summed E-state index contributed by atoms with van der Waals surface area (Å²) in [7, 11) is -1.70. The quantitative estimate of drug-likeness (QED) is 0.540. The number of benzene rings is 1. The van der Waals surface area contributed by atoms with Crippen molar-refractivity contribution in [3.05, 3.63) is 28.2 Å². The van der Waals surface area contributed by atoms with Crippen molar-refractivity contribution < 1.29 is 8.78 Å². The van der Waals surface area contributed by atoms with Crippen LogP contribution in [0.15, 0.2) is 16.6 Å². The molecule has 1 aromatic carbocycles. The molecular formula is C9H11BrF2Si. The van der Waals surface area contributed by atoms with Gasteiger partial charge in [-0.05, 0) is 27.2 Å². The lowest BCUT2D eigenvalue weighted by atomic mass is 10.3. The van der Waals surface area contributed by atoms with E-state index in [1.54, 1.807) is 6.07 Å². The first-order valence-corrected chi connectivity index (χ1v) is 8.26. The summed E-state index contributed by atoms with van der Waals surface area (Å²) in [6.07, 6.45) is 0. The van der Waals surface area contributed by atoms with Crippen LogP contribution in [0, 0.1) is 11.6 Å². The molecule has 0 saturated heterocycles. The molecule has 0 amide bonds. The maximum Gasteiger partial charge on any atom is 0.140 e. The lowest BCUT2D eigenvalue weighted by Gasteiger charge is -2.17. The minimum atomic E-state index is -1.70. The Balaban J connectivity index is 3.32. The highest BCUT2D eigenvalue weighted by Crippen LogP contribution is 2.17. The molecule has 0 nitrogen and oxygen atoms in total. The summed E-state index contributed by atoms with van der Waals surface area (Å²) in [6, 6.07) is 2.49. The van der Waals surface area contributed by atoms with E-state index in [1.165, 1.54) is 0 Å². The van der Waals surface area contributed by atoms with Gasteiger partial charge >= 0.3 is 0 Å². The zero-order chi connectivity index (χ0) is 10.2. The van der Waals surface area contributed by atoms with E-state index in [-0.39, 0.29) is 0 Å². The Morgan fingerprint density at radius 1 is 1.08 bits per heavy atom. The molecule has 0 aliphatic carbocycles. The second-order valence-electron chi connectivity index (χ2n) is 4.00. The van der Waals surface area contributed by atoms with Crippen LogP contribution in [0.2, 0.25) is 19.6 Å². The molecule has 0 bridgehead atoms. The van der Waals surface area contributed by atoms with Gasteiger partial charge in [-0.3, -0.25) is 0 Å². The molecule has 0 aliphatic rings. The van der Waals surface area contributed by atoms with Gasteiger partial charge in [-0.1, -0.05) is 19.6 Å². The number of rotatable bonds is 1. The second-order valence-corrected chi connectivity index (χ2v) is 9.89. The average Bonchev–Trinajstić information content (AvgIpc) is 1.94. The van der Waals surface area contributed by atoms with Crippen LogP contribution in [0.4, 0.5) is 8.78 Å². The molecule has 4 heteroatoms. The molecule has 1 rings (SSSR count). The van der Waals surface area contributed by atoms with Gasteiger partial charge in [-0.25, -0.2) is 8.78 Å². The smallest absolute Gasteiger partial charge is 0.140 e. The maximum absolute atomic E-state index is 13.3. The summed E-state index contributed by atoms with van der Waals surface area (Å²) in [4.78, 5) is 0. The van der Waals surface area contributed by atoms with Crippen molar-refractivity contribution in [3.63, 3.8) is 0 Å². The largest absolute Gasteiger partial charge is 0.207 e. The van der Waals surface area contributed by atoms with E-state index in [0.717, 1.165) is 6.07 Å². The molecule has 13 heavy (non-hydrogen) atoms. The van der Waals surface area contributed by atoms with Crippen molar-refractivity contribution in [1.82, 2.24) is 0 Å². The first-order chi connectivity index (χ1) is 5.82. The molecule has 0 unspecified atom stereocenters. The second kappa shape index (κ2) is 3.50. The van der Waals surface area contributed by atoms with Crippen LogP contribution in [-0.2, 0) is 0 Å². The monoisotopic (exact) mass is 264 g/mol. The summed E-state index contributed by atoms with van der Waals surface area (Å²) in [5.74, 6) is -0.973. The summed E-state index contributed by atoms with van der Waals surface area (Å²) in [5.41, 5.74) is 0. The first-order valence-electron chi connectivity index (χ1n) is 3.97. The van der Waals surface area contributed by atoms with Crippen molar-refractivity contribution in [1.29, 1.82) is 0 Å². The van der Waals surface area contributed by atoms with Crippen LogP contribution in [-0.4, -0.2) is 8.07 Å². The van der Waals surface area contributed by atoms with Crippen LogP contribution in [0.25, 0.3) is 0 Å². The van der Waals surface area contributed by atoms with Gasteiger partial charge in [-0.2, -0.15) is 0 Å². The molecule has 0 radical (unpaired) electrons. The molecule has 0 aliphatic heterocycles. The first kappa shape index (κ1) is 10.9. The SMILES string of the molecule is C[Si](C)(C)c1cc(Br)c(F)cc1F. The third kappa shape index (κ3) is 2.37. The van der Waals surface area contributed by atoms with Crippen molar-refractivity contribution >= 4 is 29.2 Å². The third-order valence-corrected chi connectivity index (χ3v) is 4.42. The summed E-state index contributed by atoms with van der Waals surface area (Å²) in [5, 5.41) is 0.653. The van der Waals surface area contributed by atoms with E-state index in [1.807, 2.05) is 19.6 Å². The zero-order valence-electron chi connectivity index (χ0n) is 7.79. The zero-order valence-corrected chi connectivity index (χ0v) is 10.4. The fourth-order valence-corrected chi connectivity index (χ4v) is 3.02. The van der Waals surface area contributed by atoms with Crippen LogP contribution >= 0.6 is 15.9 Å². The van der Waals surface area contributed by atoms with E-state index in [2.05, 4.69) is 15.9 Å². The fourth-order valence-electron chi connectivity index (χ4n) is 1.10. The van der Waals surface area contributed by atoms with Gasteiger partial charge in [0.15, 0.2) is 0 Å². The van der Waals surface area contributed by atoms with Gasteiger partial charge in [0.2, 0.25) is 0 Å². The standard InChI is InChI=1S/C9H11BrF2Si/c1-13(2,3)9-4-6(10)7(11)5-8(9)12/h4-5H,1-3H3. The minimum absolute atomic E-state index is 0.339. The fraction of sp³-hybridized carbons (Fsp3) is 0.333. The Morgan fingerprint density at radius 2 is 1.62 bits per heavy atom. The Labute approximate surface area is 86.1 Å². The third-order valence-electron chi connectivity index (χ3n) is 1.82. The number of halogens is 3. The topological polar surface area (TPSA) is 0 Å². The molecule has 0 atom stereocenters. The summed E-state index contributed by atoms with van der Waals surface area (Å²) in [6.45, 7) is 6.07. The molecule has 0 fully saturated rings. The van der Waals surface area contributed by atoms with E-state index < -0.39 is 19.7 Å². The summed E-state index contributed by atoms with van der Waals surface area (Å²) >= 11 is 3.05. The van der Waals surface area contributed by atoms with Gasteiger partial charge in [0, 0.05) is 6.07 Å². The molecule has 1 aromatic rings. The number of hydrogen-bond acceptors (Lipinski definition) is 0. The Hall–Kier alpha value is -0.223. The van der Waals surface area contributed by atoms with Gasteiger partial charge in [0.1, 0.15) is 11.6 Å². The summed E-state index contributed by atoms with van der Waals surface area (Å²) < 4.78 is 26.5. The van der Waals surface area contributed by atoms with Gasteiger partial charge in [0.25, 0.3) is 0 Å². The molecule has 72 valence electrons. The van der Waals surface area contributed by atoms with Gasteiger partial charge < -0.3 is 0 Å². The molecule has 0 N–H and O–H groups in total. The Morgan fingerprint density at radius 3 is 2.08 bits per heavy atom. The van der Waals surface area contributed by atoms with Crippen molar-refractivity contribution in [2.24, 2.45) is 0 Å². The van der Waals surface area contributed by atoms with Crippen LogP contribution in [0.5, 0.6) is 0 Å². The minimum Gasteiger partial charge on any atom is -0.207 e. The lowest BCUT2D eigenvalue weighted by Crippen LogP contribution is -2.40. The average molecular weight is 265 g/mol. The highest BCUT2D eigenvalue weighted by Gasteiger charge is 2.22. The van der Waals surface area contributed by atoms with Crippen LogP contribution in [0.3, 0.4) is 0 Å². The molecule has 0 aromatic heterocycles. The molecule has 0 spiro atoms. The van der Waals surface area contributed by atoms with Gasteiger partial charge in [0.05, 0.1) is 12.5 Å². The highest BCUT2D eigenvalue weighted by atomic mass is 79.9. The highest BCUT2D eigenvalue weighted by molar-refractivity contribution is 9.10. The predicted molar refractivity (Wildman–Crippen MR) is 57.0 cm³/mol. The van der Waals surface area contributed by atoms with E-state index in [4.69, 9.17) is 0 Å². The number of hydrogen-bond donors (Lipinski definition) is 0. The Bertz CT molecular complexity index is 331. The maximum atomic E-state index is 13.3. The molecular weight excluding hydrogens is 254 g/mol. The van der Waals surface area contributed by atoms with Crippen molar-refractivity contribution in [3.8, 4) is 0 Å². The van der Waals surface area contributed by atoms with Crippen molar-refractivity contribution in [2.45, 2.75) is 19.6 Å². The molecule has 0 heterocycles. The predicted octanol–water partition coefficient (Wildman–Crippen LogP) is 3.27.